The van der Waals surface area contributed by atoms with Gasteiger partial charge in [0.1, 0.15) is 0 Å². The van der Waals surface area contributed by atoms with Crippen LogP contribution in [0.4, 0.5) is 5.69 Å². The van der Waals surface area contributed by atoms with Crippen molar-refractivity contribution in [1.29, 1.82) is 0 Å². The van der Waals surface area contributed by atoms with Gasteiger partial charge in [-0.25, -0.2) is 4.98 Å². The van der Waals surface area contributed by atoms with E-state index in [2.05, 4.69) is 10.3 Å². The molecule has 2 rings (SSSR count). The molecule has 0 aliphatic carbocycles. The van der Waals surface area contributed by atoms with E-state index in [1.807, 2.05) is 55.8 Å². The summed E-state index contributed by atoms with van der Waals surface area (Å²) >= 11 is 3.09. The molecule has 0 unspecified atom stereocenters. The second kappa shape index (κ2) is 7.36. The number of carbonyl (C=O) groups excluding carboxylic acids is 1. The van der Waals surface area contributed by atoms with Crippen LogP contribution in [-0.2, 0) is 4.79 Å². The third kappa shape index (κ3) is 4.58. The standard InChI is InChI=1S/C15H16N2OS2/c1-11-6-7-15(16-9-11)20-10-14(18)17-12-4-3-5-13(8-12)19-2/h3-9H,10H2,1-2H3,(H,17,18). The Hall–Kier alpha value is -1.46. The van der Waals surface area contributed by atoms with Crippen molar-refractivity contribution in [2.24, 2.45) is 0 Å². The molecular weight excluding hydrogens is 288 g/mol. The third-order valence-corrected chi connectivity index (χ3v) is 4.26. The van der Waals surface area contributed by atoms with Crippen LogP contribution >= 0.6 is 23.5 Å². The van der Waals surface area contributed by atoms with Crippen LogP contribution in [0.1, 0.15) is 5.56 Å². The Kier molecular flexibility index (Phi) is 5.49. The second-order valence-corrected chi connectivity index (χ2v) is 6.12. The zero-order valence-electron chi connectivity index (χ0n) is 11.4. The first kappa shape index (κ1) is 14.9. The molecule has 0 saturated carbocycles. The smallest absolute Gasteiger partial charge is 0.234 e. The molecule has 3 nitrogen and oxygen atoms in total. The van der Waals surface area contributed by atoms with Gasteiger partial charge in [-0.3, -0.25) is 4.79 Å². The number of carbonyl (C=O) groups is 1. The molecular formula is C15H16N2OS2. The van der Waals surface area contributed by atoms with Crippen molar-refractivity contribution >= 4 is 35.1 Å². The number of hydrogen-bond acceptors (Lipinski definition) is 4. The highest BCUT2D eigenvalue weighted by Crippen LogP contribution is 2.20. The number of pyridine rings is 1. The lowest BCUT2D eigenvalue weighted by molar-refractivity contribution is -0.113. The van der Waals surface area contributed by atoms with Crippen LogP contribution in [0.5, 0.6) is 0 Å². The zero-order chi connectivity index (χ0) is 14.4. The molecule has 0 aliphatic heterocycles. The fourth-order valence-corrected chi connectivity index (χ4v) is 2.68. The number of hydrogen-bond donors (Lipinski definition) is 1. The first-order valence-electron chi connectivity index (χ1n) is 6.17. The second-order valence-electron chi connectivity index (χ2n) is 4.24. The van der Waals surface area contributed by atoms with Crippen LogP contribution in [0, 0.1) is 6.92 Å². The summed E-state index contributed by atoms with van der Waals surface area (Å²) in [5.41, 5.74) is 1.95. The predicted molar refractivity (Wildman–Crippen MR) is 86.6 cm³/mol. The fraction of sp³-hybridized carbons (Fsp3) is 0.200. The monoisotopic (exact) mass is 304 g/mol. The van der Waals surface area contributed by atoms with Crippen LogP contribution in [0.15, 0.2) is 52.5 Å². The van der Waals surface area contributed by atoms with Gasteiger partial charge in [0.2, 0.25) is 5.91 Å². The molecule has 0 saturated heterocycles. The number of amides is 1. The van der Waals surface area contributed by atoms with Crippen molar-refractivity contribution in [2.45, 2.75) is 16.8 Å². The minimum Gasteiger partial charge on any atom is -0.325 e. The molecule has 1 aromatic heterocycles. The molecule has 0 aliphatic rings. The van der Waals surface area contributed by atoms with Gasteiger partial charge in [0.15, 0.2) is 0 Å². The van der Waals surface area contributed by atoms with Gasteiger partial charge in [-0.05, 0) is 43.0 Å². The number of aromatic nitrogens is 1. The Bertz CT molecular complexity index is 585. The molecule has 1 amide bonds. The number of anilines is 1. The molecule has 5 heteroatoms. The SMILES string of the molecule is CSc1cccc(NC(=O)CSc2ccc(C)cn2)c1. The van der Waals surface area contributed by atoms with E-state index >= 15 is 0 Å². The van der Waals surface area contributed by atoms with Gasteiger partial charge < -0.3 is 5.32 Å². The third-order valence-electron chi connectivity index (χ3n) is 2.59. The van der Waals surface area contributed by atoms with Gasteiger partial charge >= 0.3 is 0 Å². The molecule has 20 heavy (non-hydrogen) atoms. The summed E-state index contributed by atoms with van der Waals surface area (Å²) in [7, 11) is 0. The summed E-state index contributed by atoms with van der Waals surface area (Å²) in [6.45, 7) is 1.99. The Balaban J connectivity index is 1.87. The summed E-state index contributed by atoms with van der Waals surface area (Å²) in [5.74, 6) is 0.343. The fourth-order valence-electron chi connectivity index (χ4n) is 1.58. The number of nitrogens with zero attached hydrogens (tertiary/aromatic N) is 1. The van der Waals surface area contributed by atoms with Crippen molar-refractivity contribution in [3.05, 3.63) is 48.2 Å². The average molecular weight is 304 g/mol. The van der Waals surface area contributed by atoms with Crippen molar-refractivity contribution in [3.8, 4) is 0 Å². The lowest BCUT2D eigenvalue weighted by Crippen LogP contribution is -2.14. The number of nitrogens with one attached hydrogen (secondary N) is 1. The van der Waals surface area contributed by atoms with E-state index in [-0.39, 0.29) is 5.91 Å². The average Bonchev–Trinajstić information content (AvgIpc) is 2.47. The predicted octanol–water partition coefficient (Wildman–Crippen LogP) is 3.84. The lowest BCUT2D eigenvalue weighted by atomic mass is 10.3. The molecule has 1 heterocycles. The molecule has 0 radical (unpaired) electrons. The highest BCUT2D eigenvalue weighted by atomic mass is 32.2. The van der Waals surface area contributed by atoms with Gasteiger partial charge in [0.25, 0.3) is 0 Å². The Morgan fingerprint density at radius 2 is 2.15 bits per heavy atom. The topological polar surface area (TPSA) is 42.0 Å². The van der Waals surface area contributed by atoms with E-state index in [4.69, 9.17) is 0 Å². The largest absolute Gasteiger partial charge is 0.325 e. The van der Waals surface area contributed by atoms with Crippen molar-refractivity contribution in [2.75, 3.05) is 17.3 Å². The Morgan fingerprint density at radius 1 is 1.30 bits per heavy atom. The molecule has 2 aromatic rings. The van der Waals surface area contributed by atoms with E-state index in [9.17, 15) is 4.79 Å². The zero-order valence-corrected chi connectivity index (χ0v) is 13.1. The number of thioether (sulfide) groups is 2. The molecule has 1 aromatic carbocycles. The minimum absolute atomic E-state index is 0.0179. The summed E-state index contributed by atoms with van der Waals surface area (Å²) in [4.78, 5) is 17.3. The molecule has 104 valence electrons. The number of aryl methyl sites for hydroxylation is 1. The van der Waals surface area contributed by atoms with E-state index in [1.165, 1.54) is 11.8 Å². The van der Waals surface area contributed by atoms with E-state index in [0.717, 1.165) is 21.2 Å². The van der Waals surface area contributed by atoms with E-state index in [1.54, 1.807) is 11.8 Å². The summed E-state index contributed by atoms with van der Waals surface area (Å²) < 4.78 is 0. The van der Waals surface area contributed by atoms with Crippen LogP contribution < -0.4 is 5.32 Å². The van der Waals surface area contributed by atoms with Crippen LogP contribution in [0.3, 0.4) is 0 Å². The van der Waals surface area contributed by atoms with Crippen molar-refractivity contribution < 1.29 is 4.79 Å². The summed E-state index contributed by atoms with van der Waals surface area (Å²) in [5, 5.41) is 3.76. The van der Waals surface area contributed by atoms with Crippen LogP contribution in [0.2, 0.25) is 0 Å². The quantitative estimate of drug-likeness (QED) is 0.852. The molecule has 1 N–H and O–H groups in total. The van der Waals surface area contributed by atoms with Gasteiger partial charge in [0.05, 0.1) is 10.8 Å². The first-order chi connectivity index (χ1) is 9.67. The molecule has 0 fully saturated rings. The molecule has 0 bridgehead atoms. The highest BCUT2D eigenvalue weighted by molar-refractivity contribution is 8.00. The van der Waals surface area contributed by atoms with E-state index in [0.29, 0.717) is 5.75 Å². The normalized spacial score (nSPS) is 10.3. The number of benzene rings is 1. The maximum Gasteiger partial charge on any atom is 0.234 e. The van der Waals surface area contributed by atoms with Crippen molar-refractivity contribution in [1.82, 2.24) is 4.98 Å². The highest BCUT2D eigenvalue weighted by Gasteiger charge is 2.05. The Morgan fingerprint density at radius 3 is 2.85 bits per heavy atom. The summed E-state index contributed by atoms with van der Waals surface area (Å²) in [6, 6.07) is 11.8. The first-order valence-corrected chi connectivity index (χ1v) is 8.38. The van der Waals surface area contributed by atoms with Gasteiger partial charge in [-0.1, -0.05) is 23.9 Å². The van der Waals surface area contributed by atoms with Crippen LogP contribution in [0.25, 0.3) is 0 Å². The molecule has 0 atom stereocenters. The van der Waals surface area contributed by atoms with Crippen LogP contribution in [-0.4, -0.2) is 22.9 Å². The van der Waals surface area contributed by atoms with Gasteiger partial charge in [-0.15, -0.1) is 11.8 Å². The van der Waals surface area contributed by atoms with Crippen molar-refractivity contribution in [3.63, 3.8) is 0 Å². The maximum absolute atomic E-state index is 11.9. The molecule has 0 spiro atoms. The van der Waals surface area contributed by atoms with E-state index < -0.39 is 0 Å². The lowest BCUT2D eigenvalue weighted by Gasteiger charge is -2.06. The minimum atomic E-state index is -0.0179. The van der Waals surface area contributed by atoms with Gasteiger partial charge in [0, 0.05) is 16.8 Å². The van der Waals surface area contributed by atoms with Gasteiger partial charge in [-0.2, -0.15) is 0 Å². The number of rotatable bonds is 5. The Labute approximate surface area is 127 Å². The summed E-state index contributed by atoms with van der Waals surface area (Å²) in [6.07, 6.45) is 3.82. The maximum atomic E-state index is 11.9.